The third kappa shape index (κ3) is 2.05. The van der Waals surface area contributed by atoms with Crippen LogP contribution in [0, 0.1) is 6.92 Å². The van der Waals surface area contributed by atoms with Crippen molar-refractivity contribution in [1.29, 1.82) is 0 Å². The van der Waals surface area contributed by atoms with E-state index < -0.39 is 0 Å². The number of nitrogen functional groups attached to an aromatic ring is 1. The highest BCUT2D eigenvalue weighted by molar-refractivity contribution is 5.52. The molecule has 100 valence electrons. The second kappa shape index (κ2) is 4.38. The van der Waals surface area contributed by atoms with Gasteiger partial charge in [-0.1, -0.05) is 6.07 Å². The van der Waals surface area contributed by atoms with E-state index in [4.69, 9.17) is 19.9 Å². The van der Waals surface area contributed by atoms with Gasteiger partial charge in [-0.3, -0.25) is 0 Å². The first-order valence-corrected chi connectivity index (χ1v) is 5.95. The predicted molar refractivity (Wildman–Crippen MR) is 69.3 cm³/mol. The highest BCUT2D eigenvalue weighted by Crippen LogP contribution is 2.33. The fraction of sp³-hybridized carbons (Fsp3) is 0.308. The number of aromatic nitrogens is 2. The molecule has 6 nitrogen and oxygen atoms in total. The Morgan fingerprint density at radius 3 is 2.89 bits per heavy atom. The second-order valence-corrected chi connectivity index (χ2v) is 4.40. The summed E-state index contributed by atoms with van der Waals surface area (Å²) in [6.45, 7) is 2.52. The lowest BCUT2D eigenvalue weighted by Gasteiger charge is -2.07. The summed E-state index contributed by atoms with van der Waals surface area (Å²) >= 11 is 0. The van der Waals surface area contributed by atoms with E-state index in [1.807, 2.05) is 25.1 Å². The molecule has 0 saturated heterocycles. The van der Waals surface area contributed by atoms with Crippen LogP contribution in [0.2, 0.25) is 0 Å². The van der Waals surface area contributed by atoms with Gasteiger partial charge in [-0.05, 0) is 24.6 Å². The van der Waals surface area contributed by atoms with Gasteiger partial charge in [-0.25, -0.2) is 4.68 Å². The summed E-state index contributed by atoms with van der Waals surface area (Å²) in [6.07, 6.45) is 0. The minimum atomic E-state index is 0.271. The minimum absolute atomic E-state index is 0.271. The number of nitrogens with zero attached hydrogens (tertiary/aromatic N) is 2. The van der Waals surface area contributed by atoms with Gasteiger partial charge in [-0.15, -0.1) is 0 Å². The Morgan fingerprint density at radius 1 is 1.37 bits per heavy atom. The number of fused-ring (bicyclic) bond motifs is 1. The van der Waals surface area contributed by atoms with Crippen LogP contribution in [0.4, 0.5) is 5.69 Å². The van der Waals surface area contributed by atoms with Crippen molar-refractivity contribution in [2.45, 2.75) is 13.5 Å². The molecule has 0 unspecified atom stereocenters. The Bertz CT molecular complexity index is 622. The molecule has 2 aromatic rings. The van der Waals surface area contributed by atoms with E-state index in [0.717, 1.165) is 22.8 Å². The molecule has 0 bridgehead atoms. The van der Waals surface area contributed by atoms with Gasteiger partial charge in [0, 0.05) is 7.05 Å². The zero-order chi connectivity index (χ0) is 13.4. The van der Waals surface area contributed by atoms with E-state index in [9.17, 15) is 0 Å². The average molecular weight is 261 g/mol. The van der Waals surface area contributed by atoms with Gasteiger partial charge in [0.25, 0.3) is 0 Å². The molecule has 0 atom stereocenters. The topological polar surface area (TPSA) is 71.5 Å². The molecule has 0 aliphatic carbocycles. The summed E-state index contributed by atoms with van der Waals surface area (Å²) in [4.78, 5) is 0. The predicted octanol–water partition coefficient (Wildman–Crippen LogP) is 1.62. The Labute approximate surface area is 110 Å². The Hall–Kier alpha value is -2.37. The zero-order valence-electron chi connectivity index (χ0n) is 10.8. The molecule has 1 aliphatic rings. The Balaban J connectivity index is 1.76. The maximum Gasteiger partial charge on any atom is 0.236 e. The number of hydrogen-bond donors (Lipinski definition) is 1. The van der Waals surface area contributed by atoms with E-state index in [-0.39, 0.29) is 6.79 Å². The molecule has 0 spiro atoms. The Kier molecular flexibility index (Phi) is 2.70. The van der Waals surface area contributed by atoms with Crippen molar-refractivity contribution in [2.75, 3.05) is 12.5 Å². The largest absolute Gasteiger partial charge is 0.471 e. The summed E-state index contributed by atoms with van der Waals surface area (Å²) in [5.41, 5.74) is 8.23. The van der Waals surface area contributed by atoms with E-state index in [1.54, 1.807) is 11.7 Å². The molecule has 0 radical (unpaired) electrons. The maximum absolute atomic E-state index is 5.90. The van der Waals surface area contributed by atoms with Crippen LogP contribution < -0.4 is 19.9 Å². The van der Waals surface area contributed by atoms with Crippen molar-refractivity contribution in [2.24, 2.45) is 7.05 Å². The van der Waals surface area contributed by atoms with Gasteiger partial charge in [0.05, 0.1) is 5.69 Å². The number of aryl methyl sites for hydroxylation is 2. The van der Waals surface area contributed by atoms with Gasteiger partial charge in [0.1, 0.15) is 12.3 Å². The first kappa shape index (κ1) is 11.7. The molecule has 3 rings (SSSR count). The summed E-state index contributed by atoms with van der Waals surface area (Å²) in [7, 11) is 1.80. The zero-order valence-corrected chi connectivity index (χ0v) is 10.8. The van der Waals surface area contributed by atoms with E-state index >= 15 is 0 Å². The van der Waals surface area contributed by atoms with Crippen molar-refractivity contribution in [3.63, 3.8) is 0 Å². The normalized spacial score (nSPS) is 12.7. The molecule has 0 fully saturated rings. The Morgan fingerprint density at radius 2 is 2.16 bits per heavy atom. The van der Waals surface area contributed by atoms with Crippen molar-refractivity contribution in [3.05, 3.63) is 29.5 Å². The average Bonchev–Trinajstić information content (AvgIpc) is 2.94. The molecular weight excluding hydrogens is 246 g/mol. The quantitative estimate of drug-likeness (QED) is 0.909. The first-order valence-electron chi connectivity index (χ1n) is 5.95. The van der Waals surface area contributed by atoms with Gasteiger partial charge >= 0.3 is 0 Å². The molecule has 1 aromatic carbocycles. The van der Waals surface area contributed by atoms with Crippen LogP contribution >= 0.6 is 0 Å². The molecule has 1 aliphatic heterocycles. The minimum Gasteiger partial charge on any atom is -0.471 e. The summed E-state index contributed by atoms with van der Waals surface area (Å²) in [5.74, 6) is 2.09. The molecule has 2 heterocycles. The van der Waals surface area contributed by atoms with Gasteiger partial charge in [-0.2, -0.15) is 5.10 Å². The van der Waals surface area contributed by atoms with Crippen LogP contribution in [0.5, 0.6) is 17.4 Å². The molecule has 2 N–H and O–H groups in total. The van der Waals surface area contributed by atoms with E-state index in [0.29, 0.717) is 18.2 Å². The van der Waals surface area contributed by atoms with E-state index in [2.05, 4.69) is 5.10 Å². The van der Waals surface area contributed by atoms with Gasteiger partial charge in [0.15, 0.2) is 11.5 Å². The van der Waals surface area contributed by atoms with Crippen LogP contribution in [0.25, 0.3) is 0 Å². The van der Waals surface area contributed by atoms with Crippen LogP contribution in [-0.2, 0) is 13.7 Å². The van der Waals surface area contributed by atoms with Crippen molar-refractivity contribution < 1.29 is 14.2 Å². The smallest absolute Gasteiger partial charge is 0.236 e. The SMILES string of the molecule is Cc1nn(C)c(OCc2ccc3c(c2)OCO3)c1N. The molecular formula is C13H15N3O3. The molecule has 1 aromatic heterocycles. The van der Waals surface area contributed by atoms with Crippen LogP contribution in [0.1, 0.15) is 11.3 Å². The maximum atomic E-state index is 5.90. The summed E-state index contributed by atoms with van der Waals surface area (Å²) < 4.78 is 17.9. The first-order chi connectivity index (χ1) is 9.15. The van der Waals surface area contributed by atoms with Crippen molar-refractivity contribution in [1.82, 2.24) is 9.78 Å². The highest BCUT2D eigenvalue weighted by Gasteiger charge is 2.15. The molecule has 0 saturated carbocycles. The third-order valence-corrected chi connectivity index (χ3v) is 3.03. The standard InChI is InChI=1S/C13H15N3O3/c1-8-12(14)13(16(2)15-8)17-6-9-3-4-10-11(5-9)19-7-18-10/h3-5H,6-7,14H2,1-2H3. The third-order valence-electron chi connectivity index (χ3n) is 3.03. The molecule has 19 heavy (non-hydrogen) atoms. The second-order valence-electron chi connectivity index (χ2n) is 4.40. The van der Waals surface area contributed by atoms with Gasteiger partial charge in [0.2, 0.25) is 12.7 Å². The molecule has 6 heteroatoms. The van der Waals surface area contributed by atoms with Gasteiger partial charge < -0.3 is 19.9 Å². The van der Waals surface area contributed by atoms with Crippen LogP contribution in [0.3, 0.4) is 0 Å². The highest BCUT2D eigenvalue weighted by atomic mass is 16.7. The fourth-order valence-electron chi connectivity index (χ4n) is 2.01. The van der Waals surface area contributed by atoms with Crippen molar-refractivity contribution in [3.8, 4) is 17.4 Å². The summed E-state index contributed by atoms with van der Waals surface area (Å²) in [5, 5.41) is 4.20. The fourth-order valence-corrected chi connectivity index (χ4v) is 2.01. The van der Waals surface area contributed by atoms with Crippen molar-refractivity contribution >= 4 is 5.69 Å². The lowest BCUT2D eigenvalue weighted by molar-refractivity contribution is 0.174. The molecule has 0 amide bonds. The number of nitrogens with two attached hydrogens (primary N) is 1. The number of benzene rings is 1. The monoisotopic (exact) mass is 261 g/mol. The number of anilines is 1. The number of hydrogen-bond acceptors (Lipinski definition) is 5. The number of ether oxygens (including phenoxy) is 3. The van der Waals surface area contributed by atoms with Crippen LogP contribution in [-0.4, -0.2) is 16.6 Å². The summed E-state index contributed by atoms with van der Waals surface area (Å²) in [6, 6.07) is 5.72. The number of rotatable bonds is 3. The van der Waals surface area contributed by atoms with E-state index in [1.165, 1.54) is 0 Å². The lowest BCUT2D eigenvalue weighted by Crippen LogP contribution is -2.02. The van der Waals surface area contributed by atoms with Crippen LogP contribution in [0.15, 0.2) is 18.2 Å². The lowest BCUT2D eigenvalue weighted by atomic mass is 10.2.